The van der Waals surface area contributed by atoms with E-state index >= 15 is 0 Å². The highest BCUT2D eigenvalue weighted by atomic mass is 16.1. The third-order valence-corrected chi connectivity index (χ3v) is 6.28. The molecule has 0 spiro atoms. The number of nitrogens with zero attached hydrogens (tertiary/aromatic N) is 1. The molecule has 1 aromatic rings. The van der Waals surface area contributed by atoms with Crippen LogP contribution in [-0.4, -0.2) is 22.5 Å². The number of H-pyrrole nitrogens is 1. The van der Waals surface area contributed by atoms with Crippen molar-refractivity contribution in [1.29, 1.82) is 0 Å². The molecule has 4 bridgehead atoms. The van der Waals surface area contributed by atoms with E-state index in [0.29, 0.717) is 12.5 Å². The number of rotatable bonds is 1. The molecular weight excluding hydrogens is 250 g/mol. The van der Waals surface area contributed by atoms with Crippen LogP contribution < -0.4 is 5.32 Å². The summed E-state index contributed by atoms with van der Waals surface area (Å²) in [5.74, 6) is 4.33. The third kappa shape index (κ3) is 1.46. The molecule has 1 aliphatic heterocycles. The van der Waals surface area contributed by atoms with Crippen LogP contribution in [0.2, 0.25) is 0 Å². The number of Topliss-reactive ketones (excluding diaryl/α,β-unsaturated/α-hetero) is 1. The highest BCUT2D eigenvalue weighted by Gasteiger charge is 2.50. The van der Waals surface area contributed by atoms with Crippen LogP contribution in [-0.2, 0) is 6.54 Å². The zero-order chi connectivity index (χ0) is 13.3. The summed E-state index contributed by atoms with van der Waals surface area (Å²) in [7, 11) is 0. The number of carbonyl (C=O) groups excluding carboxylic acids is 1. The topological polar surface area (TPSA) is 57.8 Å². The summed E-state index contributed by atoms with van der Waals surface area (Å²) in [5, 5.41) is 10.9. The third-order valence-electron chi connectivity index (χ3n) is 6.28. The van der Waals surface area contributed by atoms with Gasteiger partial charge in [0, 0.05) is 12.5 Å². The molecule has 0 amide bonds. The first kappa shape index (κ1) is 11.5. The minimum absolute atomic E-state index is 0.240. The molecule has 5 aliphatic rings. The molecule has 6 rings (SSSR count). The van der Waals surface area contributed by atoms with E-state index in [-0.39, 0.29) is 5.78 Å². The Morgan fingerprint density at radius 3 is 2.35 bits per heavy atom. The Hall–Kier alpha value is -1.16. The van der Waals surface area contributed by atoms with Gasteiger partial charge in [0.25, 0.3) is 0 Å². The van der Waals surface area contributed by atoms with Crippen molar-refractivity contribution < 1.29 is 4.79 Å². The lowest BCUT2D eigenvalue weighted by Gasteiger charge is -2.54. The standard InChI is InChI=1S/C16H21N3O/c20-13-7-17-6-12-15(13)16(19-18-12)14-10-2-8-1-9(4-10)5-11(14)3-8/h8-11,14,17H,1-7H2,(H,18,19). The molecule has 0 saturated heterocycles. The first-order valence-corrected chi connectivity index (χ1v) is 8.10. The lowest BCUT2D eigenvalue weighted by molar-refractivity contribution is -0.00437. The summed E-state index contributed by atoms with van der Waals surface area (Å²) in [6.45, 7) is 1.24. The van der Waals surface area contributed by atoms with Gasteiger partial charge < -0.3 is 5.32 Å². The van der Waals surface area contributed by atoms with E-state index in [2.05, 4.69) is 15.5 Å². The second kappa shape index (κ2) is 3.94. The molecule has 1 aromatic heterocycles. The molecule has 0 radical (unpaired) electrons. The number of nitrogens with one attached hydrogen (secondary N) is 2. The highest BCUT2D eigenvalue weighted by molar-refractivity contribution is 6.00. The van der Waals surface area contributed by atoms with Gasteiger partial charge in [-0.3, -0.25) is 9.89 Å². The Bertz CT molecular complexity index is 548. The largest absolute Gasteiger partial charge is 0.304 e. The molecule has 2 heterocycles. The zero-order valence-electron chi connectivity index (χ0n) is 11.7. The number of carbonyl (C=O) groups is 1. The van der Waals surface area contributed by atoms with Crippen LogP contribution in [0.4, 0.5) is 0 Å². The fourth-order valence-corrected chi connectivity index (χ4v) is 5.84. The van der Waals surface area contributed by atoms with Gasteiger partial charge in [-0.1, -0.05) is 0 Å². The number of ketones is 1. The van der Waals surface area contributed by atoms with Crippen LogP contribution in [0, 0.1) is 23.7 Å². The van der Waals surface area contributed by atoms with E-state index in [4.69, 9.17) is 0 Å². The van der Waals surface area contributed by atoms with Crippen molar-refractivity contribution in [3.8, 4) is 0 Å². The number of hydrogen-bond acceptors (Lipinski definition) is 3. The van der Waals surface area contributed by atoms with Crippen LogP contribution in [0.15, 0.2) is 0 Å². The molecule has 4 heteroatoms. The second-order valence-electron chi connectivity index (χ2n) is 7.45. The molecule has 0 atom stereocenters. The molecule has 106 valence electrons. The Kier molecular flexibility index (Phi) is 2.26. The van der Waals surface area contributed by atoms with Crippen molar-refractivity contribution in [2.45, 2.75) is 44.6 Å². The van der Waals surface area contributed by atoms with Crippen molar-refractivity contribution in [2.75, 3.05) is 6.54 Å². The Morgan fingerprint density at radius 1 is 0.950 bits per heavy atom. The van der Waals surface area contributed by atoms with Crippen LogP contribution in [0.3, 0.4) is 0 Å². The van der Waals surface area contributed by atoms with Crippen molar-refractivity contribution in [2.24, 2.45) is 23.7 Å². The normalized spacial score (nSPS) is 42.0. The van der Waals surface area contributed by atoms with Gasteiger partial charge in [0.15, 0.2) is 5.78 Å². The molecule has 4 nitrogen and oxygen atoms in total. The Morgan fingerprint density at radius 2 is 1.65 bits per heavy atom. The fourth-order valence-electron chi connectivity index (χ4n) is 5.84. The summed E-state index contributed by atoms with van der Waals surface area (Å²) >= 11 is 0. The Balaban J connectivity index is 1.57. The van der Waals surface area contributed by atoms with E-state index in [1.807, 2.05) is 0 Å². The van der Waals surface area contributed by atoms with Crippen LogP contribution in [0.5, 0.6) is 0 Å². The molecule has 4 aliphatic carbocycles. The van der Waals surface area contributed by atoms with Gasteiger partial charge in [-0.05, 0) is 55.8 Å². The first-order valence-electron chi connectivity index (χ1n) is 8.10. The maximum Gasteiger partial charge on any atom is 0.180 e. The SMILES string of the molecule is O=C1CNCc2[nH]nc(C3C4CC5CC(C4)CC3C5)c21. The molecule has 0 aromatic carbocycles. The van der Waals surface area contributed by atoms with Gasteiger partial charge in [-0.2, -0.15) is 5.10 Å². The van der Waals surface area contributed by atoms with E-state index in [0.717, 1.165) is 47.2 Å². The van der Waals surface area contributed by atoms with Crippen LogP contribution >= 0.6 is 0 Å². The summed E-state index contributed by atoms with van der Waals surface area (Å²) in [4.78, 5) is 12.3. The van der Waals surface area contributed by atoms with Crippen molar-refractivity contribution in [1.82, 2.24) is 15.5 Å². The number of fused-ring (bicyclic) bond motifs is 1. The predicted octanol–water partition coefficient (Wildman–Crippen LogP) is 2.24. The molecular formula is C16H21N3O. The van der Waals surface area contributed by atoms with E-state index < -0.39 is 0 Å². The minimum Gasteiger partial charge on any atom is -0.304 e. The monoisotopic (exact) mass is 271 g/mol. The number of aromatic amines is 1. The quantitative estimate of drug-likeness (QED) is 0.823. The molecule has 4 saturated carbocycles. The van der Waals surface area contributed by atoms with Gasteiger partial charge in [0.2, 0.25) is 0 Å². The van der Waals surface area contributed by atoms with Crippen molar-refractivity contribution in [3.63, 3.8) is 0 Å². The summed E-state index contributed by atoms with van der Waals surface area (Å²) in [6, 6.07) is 0. The average Bonchev–Trinajstić information content (AvgIpc) is 2.83. The number of hydrogen-bond donors (Lipinski definition) is 2. The van der Waals surface area contributed by atoms with Crippen molar-refractivity contribution in [3.05, 3.63) is 17.0 Å². The van der Waals surface area contributed by atoms with E-state index in [1.165, 1.54) is 32.1 Å². The summed E-state index contributed by atoms with van der Waals surface area (Å²) < 4.78 is 0. The summed E-state index contributed by atoms with van der Waals surface area (Å²) in [5.41, 5.74) is 3.09. The van der Waals surface area contributed by atoms with Crippen LogP contribution in [0.25, 0.3) is 0 Å². The minimum atomic E-state index is 0.240. The lowest BCUT2D eigenvalue weighted by Crippen LogP contribution is -2.44. The molecule has 20 heavy (non-hydrogen) atoms. The molecule has 2 N–H and O–H groups in total. The van der Waals surface area contributed by atoms with Gasteiger partial charge >= 0.3 is 0 Å². The average molecular weight is 271 g/mol. The fraction of sp³-hybridized carbons (Fsp3) is 0.750. The molecule has 4 fully saturated rings. The highest BCUT2D eigenvalue weighted by Crippen LogP contribution is 2.59. The van der Waals surface area contributed by atoms with Gasteiger partial charge in [-0.15, -0.1) is 0 Å². The van der Waals surface area contributed by atoms with E-state index in [1.54, 1.807) is 0 Å². The van der Waals surface area contributed by atoms with Gasteiger partial charge in [0.05, 0.1) is 23.5 Å². The van der Waals surface area contributed by atoms with Gasteiger partial charge in [-0.25, -0.2) is 0 Å². The number of aromatic nitrogens is 2. The maximum absolute atomic E-state index is 12.3. The van der Waals surface area contributed by atoms with Gasteiger partial charge in [0.1, 0.15) is 0 Å². The summed E-state index contributed by atoms with van der Waals surface area (Å²) in [6.07, 6.45) is 7.00. The van der Waals surface area contributed by atoms with Crippen molar-refractivity contribution >= 4 is 5.78 Å². The maximum atomic E-state index is 12.3. The van der Waals surface area contributed by atoms with E-state index in [9.17, 15) is 4.79 Å². The molecule has 0 unspecified atom stereocenters. The Labute approximate surface area is 118 Å². The first-order chi connectivity index (χ1) is 9.79. The van der Waals surface area contributed by atoms with Crippen LogP contribution in [0.1, 0.15) is 59.8 Å². The second-order valence-corrected chi connectivity index (χ2v) is 7.45. The predicted molar refractivity (Wildman–Crippen MR) is 74.4 cm³/mol. The zero-order valence-corrected chi connectivity index (χ0v) is 11.7. The lowest BCUT2D eigenvalue weighted by atomic mass is 9.51. The smallest absolute Gasteiger partial charge is 0.180 e.